The van der Waals surface area contributed by atoms with Crippen LogP contribution in [-0.4, -0.2) is 4.98 Å². The van der Waals surface area contributed by atoms with Crippen molar-refractivity contribution in [3.63, 3.8) is 0 Å². The first-order valence-corrected chi connectivity index (χ1v) is 5.15. The van der Waals surface area contributed by atoms with Crippen molar-refractivity contribution in [2.24, 2.45) is 0 Å². The Balaban J connectivity index is 2.33. The van der Waals surface area contributed by atoms with Crippen LogP contribution in [0.1, 0.15) is 11.1 Å². The molecule has 1 aromatic heterocycles. The van der Waals surface area contributed by atoms with Gasteiger partial charge in [0.1, 0.15) is 5.75 Å². The molecule has 2 rings (SSSR count). The molecule has 71 valence electrons. The molecule has 0 aliphatic carbocycles. The molecule has 1 radical (unpaired) electrons. The van der Waals surface area contributed by atoms with Crippen LogP contribution in [0.4, 0.5) is 0 Å². The fourth-order valence-electron chi connectivity index (χ4n) is 1.28. The number of ether oxygens (including phenoxy) is 1. The van der Waals surface area contributed by atoms with Crippen LogP contribution in [0.5, 0.6) is 10.9 Å². The average Bonchev–Trinajstić information content (AvgIpc) is 2.64. The predicted octanol–water partition coefficient (Wildman–Crippen LogP) is 3.35. The number of aromatic nitrogens is 1. The highest BCUT2D eigenvalue weighted by atomic mass is 32.1. The lowest BCUT2D eigenvalue weighted by atomic mass is 10.1. The summed E-state index contributed by atoms with van der Waals surface area (Å²) >= 11 is 1.38. The van der Waals surface area contributed by atoms with E-state index in [4.69, 9.17) is 4.74 Å². The Bertz CT molecular complexity index is 403. The van der Waals surface area contributed by atoms with Crippen molar-refractivity contribution in [1.82, 2.24) is 4.98 Å². The summed E-state index contributed by atoms with van der Waals surface area (Å²) in [6, 6.07) is 6.07. The van der Waals surface area contributed by atoms with Gasteiger partial charge in [0, 0.05) is 0 Å². The molecule has 0 aliphatic rings. The first-order valence-electron chi connectivity index (χ1n) is 4.33. The third kappa shape index (κ3) is 1.77. The van der Waals surface area contributed by atoms with Crippen molar-refractivity contribution in [2.75, 3.05) is 0 Å². The summed E-state index contributed by atoms with van der Waals surface area (Å²) in [7, 11) is 0. The number of benzene rings is 1. The molecule has 0 aliphatic heterocycles. The maximum absolute atomic E-state index is 5.66. The van der Waals surface area contributed by atoms with E-state index in [2.05, 4.69) is 10.4 Å². The monoisotopic (exact) mass is 204 g/mol. The van der Waals surface area contributed by atoms with Crippen molar-refractivity contribution >= 4 is 11.3 Å². The molecule has 0 amide bonds. The quantitative estimate of drug-likeness (QED) is 0.748. The average molecular weight is 204 g/mol. The van der Waals surface area contributed by atoms with Crippen LogP contribution < -0.4 is 4.74 Å². The lowest BCUT2D eigenvalue weighted by Crippen LogP contribution is -1.89. The van der Waals surface area contributed by atoms with Crippen LogP contribution in [0.2, 0.25) is 0 Å². The molecule has 0 saturated heterocycles. The van der Waals surface area contributed by atoms with Gasteiger partial charge in [0.05, 0.1) is 11.6 Å². The molecule has 2 nitrogen and oxygen atoms in total. The molecule has 14 heavy (non-hydrogen) atoms. The third-order valence-electron chi connectivity index (χ3n) is 1.97. The lowest BCUT2D eigenvalue weighted by Gasteiger charge is -2.08. The second kappa shape index (κ2) is 3.80. The van der Waals surface area contributed by atoms with E-state index < -0.39 is 0 Å². The molecule has 1 aromatic carbocycles. The maximum Gasteiger partial charge on any atom is 0.279 e. The number of para-hydroxylation sites is 1. The molecule has 0 N–H and O–H groups in total. The summed E-state index contributed by atoms with van der Waals surface area (Å²) in [5.41, 5.74) is 2.25. The molecule has 0 bridgehead atoms. The van der Waals surface area contributed by atoms with E-state index in [1.165, 1.54) is 11.3 Å². The number of aryl methyl sites for hydroxylation is 2. The van der Waals surface area contributed by atoms with Gasteiger partial charge in [0.15, 0.2) is 0 Å². The second-order valence-corrected chi connectivity index (χ2v) is 3.86. The van der Waals surface area contributed by atoms with Gasteiger partial charge in [-0.05, 0) is 25.0 Å². The molecular weight excluding hydrogens is 194 g/mol. The number of thiazole rings is 1. The minimum absolute atomic E-state index is 0.641. The summed E-state index contributed by atoms with van der Waals surface area (Å²) in [6.07, 6.45) is 1.62. The van der Waals surface area contributed by atoms with Crippen molar-refractivity contribution in [1.29, 1.82) is 0 Å². The van der Waals surface area contributed by atoms with Crippen molar-refractivity contribution in [3.8, 4) is 10.9 Å². The molecule has 0 unspecified atom stereocenters. The summed E-state index contributed by atoms with van der Waals surface area (Å²) < 4.78 is 5.66. The Hall–Kier alpha value is -1.35. The van der Waals surface area contributed by atoms with E-state index in [0.717, 1.165) is 16.9 Å². The van der Waals surface area contributed by atoms with Crippen molar-refractivity contribution in [3.05, 3.63) is 40.9 Å². The van der Waals surface area contributed by atoms with Crippen LogP contribution in [0.25, 0.3) is 0 Å². The first-order chi connectivity index (χ1) is 6.77. The van der Waals surface area contributed by atoms with E-state index in [0.29, 0.717) is 5.19 Å². The van der Waals surface area contributed by atoms with E-state index in [1.807, 2.05) is 32.0 Å². The highest BCUT2D eigenvalue weighted by molar-refractivity contribution is 7.10. The molecule has 0 saturated carbocycles. The van der Waals surface area contributed by atoms with Gasteiger partial charge in [0.2, 0.25) is 0 Å². The van der Waals surface area contributed by atoms with E-state index >= 15 is 0 Å². The SMILES string of the molecule is Cc1cccc(C)c1Oc1nc[c]s1. The molecule has 0 atom stereocenters. The fraction of sp³-hybridized carbons (Fsp3) is 0.182. The van der Waals surface area contributed by atoms with Gasteiger partial charge < -0.3 is 4.74 Å². The largest absolute Gasteiger partial charge is 0.430 e. The van der Waals surface area contributed by atoms with E-state index in [-0.39, 0.29) is 0 Å². The predicted molar refractivity (Wildman–Crippen MR) is 56.9 cm³/mol. The standard InChI is InChI=1S/C11H10NOS/c1-8-4-3-5-9(2)10(8)13-11-12-6-7-14-11/h3-6H,1-2H3. The Morgan fingerprint density at radius 1 is 1.29 bits per heavy atom. The molecule has 0 spiro atoms. The minimum atomic E-state index is 0.641. The van der Waals surface area contributed by atoms with E-state index in [9.17, 15) is 0 Å². The van der Waals surface area contributed by atoms with Gasteiger partial charge in [-0.25, -0.2) is 4.98 Å². The summed E-state index contributed by atoms with van der Waals surface area (Å²) in [5, 5.41) is 3.54. The van der Waals surface area contributed by atoms with Crippen LogP contribution in [-0.2, 0) is 0 Å². The van der Waals surface area contributed by atoms with Gasteiger partial charge in [-0.3, -0.25) is 0 Å². The lowest BCUT2D eigenvalue weighted by molar-refractivity contribution is 0.471. The van der Waals surface area contributed by atoms with Crippen LogP contribution >= 0.6 is 11.3 Å². The molecule has 2 aromatic rings. The Morgan fingerprint density at radius 3 is 2.57 bits per heavy atom. The number of hydrogen-bond donors (Lipinski definition) is 0. The van der Waals surface area contributed by atoms with Crippen molar-refractivity contribution in [2.45, 2.75) is 13.8 Å². The Morgan fingerprint density at radius 2 is 2.00 bits per heavy atom. The normalized spacial score (nSPS) is 10.1. The molecule has 3 heteroatoms. The topological polar surface area (TPSA) is 22.1 Å². The van der Waals surface area contributed by atoms with Gasteiger partial charge >= 0.3 is 0 Å². The smallest absolute Gasteiger partial charge is 0.279 e. The van der Waals surface area contributed by atoms with Crippen LogP contribution in [0, 0.1) is 19.2 Å². The maximum atomic E-state index is 5.66. The number of hydrogen-bond acceptors (Lipinski definition) is 3. The first kappa shape index (κ1) is 9.21. The Kier molecular flexibility index (Phi) is 2.50. The zero-order valence-electron chi connectivity index (χ0n) is 8.07. The summed E-state index contributed by atoms with van der Waals surface area (Å²) in [4.78, 5) is 4.03. The van der Waals surface area contributed by atoms with Gasteiger partial charge in [-0.2, -0.15) is 0 Å². The highest BCUT2D eigenvalue weighted by Gasteiger charge is 2.05. The van der Waals surface area contributed by atoms with Gasteiger partial charge in [-0.15, -0.1) is 0 Å². The van der Waals surface area contributed by atoms with Crippen molar-refractivity contribution < 1.29 is 4.74 Å². The fourth-order valence-corrected chi connectivity index (χ4v) is 1.71. The summed E-state index contributed by atoms with van der Waals surface area (Å²) in [6.45, 7) is 4.05. The number of nitrogens with zero attached hydrogens (tertiary/aromatic N) is 1. The van der Waals surface area contributed by atoms with E-state index in [1.54, 1.807) is 6.20 Å². The molecule has 0 fully saturated rings. The second-order valence-electron chi connectivity index (χ2n) is 3.07. The van der Waals surface area contributed by atoms with Gasteiger partial charge in [-0.1, -0.05) is 29.5 Å². The minimum Gasteiger partial charge on any atom is -0.430 e. The number of rotatable bonds is 2. The zero-order valence-corrected chi connectivity index (χ0v) is 8.89. The summed E-state index contributed by atoms with van der Waals surface area (Å²) in [5.74, 6) is 0.899. The highest BCUT2D eigenvalue weighted by Crippen LogP contribution is 2.29. The Labute approximate surface area is 87.2 Å². The molecular formula is C11H10NOS. The zero-order chi connectivity index (χ0) is 9.97. The van der Waals surface area contributed by atoms with Crippen LogP contribution in [0.15, 0.2) is 24.4 Å². The van der Waals surface area contributed by atoms with Crippen LogP contribution in [0.3, 0.4) is 0 Å². The molecule has 1 heterocycles. The van der Waals surface area contributed by atoms with Gasteiger partial charge in [0.25, 0.3) is 5.19 Å². The third-order valence-corrected chi connectivity index (χ3v) is 2.55.